The maximum absolute atomic E-state index is 12.2. The third kappa shape index (κ3) is 4.63. The lowest BCUT2D eigenvalue weighted by Crippen LogP contribution is -2.32. The molecular weight excluding hydrogens is 368 g/mol. The van der Waals surface area contributed by atoms with Crippen LogP contribution < -0.4 is 11.2 Å². The summed E-state index contributed by atoms with van der Waals surface area (Å²) < 4.78 is 2.02. The maximum Gasteiger partial charge on any atom is 0.273 e. The van der Waals surface area contributed by atoms with E-state index in [1.807, 2.05) is 23.6 Å². The highest BCUT2D eigenvalue weighted by atomic mass is 16.1. The van der Waals surface area contributed by atoms with E-state index in [1.165, 1.54) is 24.6 Å². The Morgan fingerprint density at radius 2 is 2.17 bits per heavy atom. The van der Waals surface area contributed by atoms with E-state index in [2.05, 4.69) is 42.6 Å². The summed E-state index contributed by atoms with van der Waals surface area (Å²) >= 11 is 0. The van der Waals surface area contributed by atoms with Crippen LogP contribution >= 0.6 is 0 Å². The van der Waals surface area contributed by atoms with Crippen molar-refractivity contribution >= 4 is 23.5 Å². The minimum atomic E-state index is -0.439. The fraction of sp³-hybridized carbons (Fsp3) is 0.300. The van der Waals surface area contributed by atoms with E-state index in [1.54, 1.807) is 12.3 Å². The molecule has 9 heteroatoms. The fourth-order valence-electron chi connectivity index (χ4n) is 3.01. The third-order valence-electron chi connectivity index (χ3n) is 4.66. The molecule has 3 aromatic heterocycles. The van der Waals surface area contributed by atoms with Crippen LogP contribution in [0, 0.1) is 6.92 Å². The average Bonchev–Trinajstić information content (AvgIpc) is 3.49. The summed E-state index contributed by atoms with van der Waals surface area (Å²) in [6.07, 6.45) is 9.60. The van der Waals surface area contributed by atoms with Gasteiger partial charge in [-0.25, -0.2) is 15.0 Å². The molecule has 148 valence electrons. The van der Waals surface area contributed by atoms with Gasteiger partial charge in [-0.2, -0.15) is 5.10 Å². The van der Waals surface area contributed by atoms with Gasteiger partial charge in [-0.1, -0.05) is 6.07 Å². The summed E-state index contributed by atoms with van der Waals surface area (Å²) in [5, 5.41) is 6.20. The number of carbonyl (C=O) groups is 1. The smallest absolute Gasteiger partial charge is 0.273 e. The van der Waals surface area contributed by atoms with Gasteiger partial charge < -0.3 is 15.6 Å². The Bertz CT molecular complexity index is 1100. The molecule has 1 fully saturated rings. The molecule has 3 heterocycles. The SMILES string of the molecule is Cc1ccnc(CNC(=O)/C(C=NCc2cn3cc(C4CC4)ccc3n2)=N/N)n1. The Balaban J connectivity index is 1.35. The minimum absolute atomic E-state index is 0.0254. The van der Waals surface area contributed by atoms with Gasteiger partial charge >= 0.3 is 0 Å². The van der Waals surface area contributed by atoms with Crippen molar-refractivity contribution in [2.24, 2.45) is 15.9 Å². The van der Waals surface area contributed by atoms with Crippen LogP contribution in [0.2, 0.25) is 0 Å². The quantitative estimate of drug-likeness (QED) is 0.360. The first kappa shape index (κ1) is 18.7. The van der Waals surface area contributed by atoms with Crippen LogP contribution in [0.5, 0.6) is 0 Å². The summed E-state index contributed by atoms with van der Waals surface area (Å²) in [7, 11) is 0. The number of nitrogens with zero attached hydrogens (tertiary/aromatic N) is 6. The molecule has 1 saturated carbocycles. The van der Waals surface area contributed by atoms with Crippen molar-refractivity contribution in [2.75, 3.05) is 0 Å². The van der Waals surface area contributed by atoms with Crippen molar-refractivity contribution in [3.63, 3.8) is 0 Å². The molecule has 0 aliphatic heterocycles. The molecule has 1 amide bonds. The number of nitrogens with two attached hydrogens (primary N) is 1. The van der Waals surface area contributed by atoms with Gasteiger partial charge in [-0.05, 0) is 43.4 Å². The maximum atomic E-state index is 12.2. The van der Waals surface area contributed by atoms with E-state index in [4.69, 9.17) is 5.84 Å². The number of aliphatic imine (C=N–C) groups is 1. The Morgan fingerprint density at radius 1 is 1.31 bits per heavy atom. The lowest BCUT2D eigenvalue weighted by Gasteiger charge is -2.03. The predicted molar refractivity (Wildman–Crippen MR) is 110 cm³/mol. The summed E-state index contributed by atoms with van der Waals surface area (Å²) in [5.41, 5.74) is 3.88. The van der Waals surface area contributed by atoms with Gasteiger partial charge in [0.1, 0.15) is 11.5 Å². The zero-order chi connectivity index (χ0) is 20.2. The van der Waals surface area contributed by atoms with Crippen molar-refractivity contribution in [3.8, 4) is 0 Å². The van der Waals surface area contributed by atoms with E-state index >= 15 is 0 Å². The van der Waals surface area contributed by atoms with Crippen LogP contribution in [0.3, 0.4) is 0 Å². The predicted octanol–water partition coefficient (Wildman–Crippen LogP) is 1.51. The number of nitrogens with one attached hydrogen (secondary N) is 1. The normalized spacial score (nSPS) is 14.6. The van der Waals surface area contributed by atoms with Gasteiger partial charge in [0, 0.05) is 24.3 Å². The van der Waals surface area contributed by atoms with Crippen molar-refractivity contribution in [1.82, 2.24) is 24.7 Å². The molecule has 0 spiro atoms. The Morgan fingerprint density at radius 3 is 2.93 bits per heavy atom. The Hall–Kier alpha value is -3.62. The zero-order valence-electron chi connectivity index (χ0n) is 16.1. The number of aryl methyl sites for hydroxylation is 1. The van der Waals surface area contributed by atoms with Gasteiger partial charge in [0.05, 0.1) is 25.0 Å². The van der Waals surface area contributed by atoms with Crippen LogP contribution in [-0.4, -0.2) is 37.2 Å². The Labute approximate surface area is 167 Å². The third-order valence-corrected chi connectivity index (χ3v) is 4.66. The monoisotopic (exact) mass is 390 g/mol. The molecule has 0 aromatic carbocycles. The second kappa shape index (κ2) is 8.17. The average molecular weight is 390 g/mol. The molecule has 0 unspecified atom stereocenters. The number of aromatic nitrogens is 4. The van der Waals surface area contributed by atoms with Gasteiger partial charge in [0.15, 0.2) is 5.71 Å². The Kier molecular flexibility index (Phi) is 5.28. The van der Waals surface area contributed by atoms with Gasteiger partial charge in [0.2, 0.25) is 0 Å². The molecule has 0 radical (unpaired) electrons. The first-order valence-electron chi connectivity index (χ1n) is 9.44. The number of hydrogen-bond donors (Lipinski definition) is 2. The van der Waals surface area contributed by atoms with E-state index in [0.717, 1.165) is 17.0 Å². The molecule has 0 saturated heterocycles. The van der Waals surface area contributed by atoms with E-state index in [-0.39, 0.29) is 12.3 Å². The number of hydrazone groups is 1. The summed E-state index contributed by atoms with van der Waals surface area (Å²) in [4.78, 5) is 29.4. The largest absolute Gasteiger partial charge is 0.343 e. The topological polar surface area (TPSA) is 123 Å². The van der Waals surface area contributed by atoms with Gasteiger partial charge in [-0.3, -0.25) is 9.79 Å². The standard InChI is InChI=1S/C20H22N8O/c1-13-6-7-23-18(25-13)10-24-20(29)17(27-21)9-22-8-16-12-28-11-15(14-2-3-14)4-5-19(28)26-16/h4-7,9,11-12,14H,2-3,8,10,21H2,1H3,(H,24,29)/b22-9?,27-17+. The molecule has 9 nitrogen and oxygen atoms in total. The molecule has 4 rings (SSSR count). The second-order valence-electron chi connectivity index (χ2n) is 7.02. The first-order chi connectivity index (χ1) is 14.1. The summed E-state index contributed by atoms with van der Waals surface area (Å²) in [6.45, 7) is 2.37. The van der Waals surface area contributed by atoms with E-state index < -0.39 is 5.91 Å². The highest BCUT2D eigenvalue weighted by molar-refractivity contribution is 6.60. The van der Waals surface area contributed by atoms with Crippen LogP contribution in [0.25, 0.3) is 5.65 Å². The lowest BCUT2D eigenvalue weighted by atomic mass is 10.2. The number of pyridine rings is 1. The van der Waals surface area contributed by atoms with Crippen molar-refractivity contribution in [1.29, 1.82) is 0 Å². The zero-order valence-corrected chi connectivity index (χ0v) is 16.1. The number of rotatable bonds is 7. The minimum Gasteiger partial charge on any atom is -0.343 e. The first-order valence-corrected chi connectivity index (χ1v) is 9.44. The van der Waals surface area contributed by atoms with Gasteiger partial charge in [-0.15, -0.1) is 0 Å². The lowest BCUT2D eigenvalue weighted by molar-refractivity contribution is -0.114. The van der Waals surface area contributed by atoms with E-state index in [9.17, 15) is 4.79 Å². The van der Waals surface area contributed by atoms with Crippen LogP contribution in [0.1, 0.15) is 41.5 Å². The molecule has 0 atom stereocenters. The number of hydrogen-bond acceptors (Lipinski definition) is 7. The molecule has 0 bridgehead atoms. The van der Waals surface area contributed by atoms with Crippen molar-refractivity contribution in [2.45, 2.75) is 38.8 Å². The molecule has 3 aromatic rings. The molecule has 1 aliphatic carbocycles. The fourth-order valence-corrected chi connectivity index (χ4v) is 3.01. The van der Waals surface area contributed by atoms with Crippen LogP contribution in [0.4, 0.5) is 0 Å². The number of imidazole rings is 1. The van der Waals surface area contributed by atoms with Crippen LogP contribution in [-0.2, 0) is 17.9 Å². The highest BCUT2D eigenvalue weighted by Gasteiger charge is 2.23. The van der Waals surface area contributed by atoms with Crippen molar-refractivity contribution < 1.29 is 4.79 Å². The molecule has 1 aliphatic rings. The van der Waals surface area contributed by atoms with Crippen molar-refractivity contribution in [3.05, 3.63) is 59.6 Å². The second-order valence-corrected chi connectivity index (χ2v) is 7.02. The van der Waals surface area contributed by atoms with E-state index in [0.29, 0.717) is 18.3 Å². The molecular formula is C20H22N8O. The number of carbonyl (C=O) groups excluding carboxylic acids is 1. The van der Waals surface area contributed by atoms with Crippen LogP contribution in [0.15, 0.2) is 46.9 Å². The summed E-state index contributed by atoms with van der Waals surface area (Å²) in [5.74, 6) is 6.11. The molecule has 3 N–H and O–H groups in total. The highest BCUT2D eigenvalue weighted by Crippen LogP contribution is 2.39. The summed E-state index contributed by atoms with van der Waals surface area (Å²) in [6, 6.07) is 5.94. The van der Waals surface area contributed by atoms with Gasteiger partial charge in [0.25, 0.3) is 5.91 Å². The number of amides is 1. The number of fused-ring (bicyclic) bond motifs is 1. The molecule has 29 heavy (non-hydrogen) atoms.